The first-order chi connectivity index (χ1) is 8.95. The van der Waals surface area contributed by atoms with Crippen LogP contribution in [0, 0.1) is 0 Å². The summed E-state index contributed by atoms with van der Waals surface area (Å²) in [6, 6.07) is 5.28. The van der Waals surface area contributed by atoms with Crippen LogP contribution in [-0.2, 0) is 6.18 Å². The Morgan fingerprint density at radius 3 is 2.58 bits per heavy atom. The van der Waals surface area contributed by atoms with Gasteiger partial charge in [0.1, 0.15) is 0 Å². The summed E-state index contributed by atoms with van der Waals surface area (Å²) in [7, 11) is 0. The molecule has 2 nitrogen and oxygen atoms in total. The van der Waals surface area contributed by atoms with Gasteiger partial charge in [0.15, 0.2) is 0 Å². The molecule has 0 aliphatic heterocycles. The SMILES string of the molecule is CC(NCCCCCO)c1cccc(C(F)(F)F)c1. The molecule has 0 aliphatic carbocycles. The van der Waals surface area contributed by atoms with Crippen LogP contribution in [0.25, 0.3) is 0 Å². The van der Waals surface area contributed by atoms with Crippen molar-refractivity contribution in [2.24, 2.45) is 0 Å². The third-order valence-electron chi connectivity index (χ3n) is 3.00. The molecule has 5 heteroatoms. The maximum Gasteiger partial charge on any atom is 0.416 e. The van der Waals surface area contributed by atoms with Crippen molar-refractivity contribution >= 4 is 0 Å². The van der Waals surface area contributed by atoms with Crippen LogP contribution in [0.15, 0.2) is 24.3 Å². The van der Waals surface area contributed by atoms with Crippen LogP contribution in [0.2, 0.25) is 0 Å². The van der Waals surface area contributed by atoms with Crippen molar-refractivity contribution in [3.8, 4) is 0 Å². The predicted octanol–water partition coefficient (Wildman–Crippen LogP) is 3.52. The van der Waals surface area contributed by atoms with Crippen LogP contribution in [-0.4, -0.2) is 18.3 Å². The molecular weight excluding hydrogens is 255 g/mol. The molecule has 2 N–H and O–H groups in total. The molecular formula is C14H20F3NO. The fraction of sp³-hybridized carbons (Fsp3) is 0.571. The lowest BCUT2D eigenvalue weighted by molar-refractivity contribution is -0.137. The highest BCUT2D eigenvalue weighted by Crippen LogP contribution is 2.30. The average molecular weight is 275 g/mol. The van der Waals surface area contributed by atoms with Gasteiger partial charge in [0, 0.05) is 12.6 Å². The van der Waals surface area contributed by atoms with Crippen molar-refractivity contribution in [3.63, 3.8) is 0 Å². The number of alkyl halides is 3. The number of nitrogens with one attached hydrogen (secondary N) is 1. The second kappa shape index (κ2) is 7.50. The molecule has 1 atom stereocenters. The summed E-state index contributed by atoms with van der Waals surface area (Å²) in [4.78, 5) is 0. The standard InChI is InChI=1S/C14H20F3NO/c1-11(18-8-3-2-4-9-19)12-6-5-7-13(10-12)14(15,16)17/h5-7,10-11,18-19H,2-4,8-9H2,1H3. The van der Waals surface area contributed by atoms with E-state index >= 15 is 0 Å². The maximum absolute atomic E-state index is 12.6. The number of hydrogen-bond donors (Lipinski definition) is 2. The molecule has 1 aromatic rings. The van der Waals surface area contributed by atoms with Crippen LogP contribution in [0.4, 0.5) is 13.2 Å². The molecule has 0 amide bonds. The second-order valence-electron chi connectivity index (χ2n) is 4.58. The molecule has 0 fully saturated rings. The van der Waals surface area contributed by atoms with Gasteiger partial charge in [-0.25, -0.2) is 0 Å². The molecule has 1 unspecified atom stereocenters. The minimum Gasteiger partial charge on any atom is -0.396 e. The highest BCUT2D eigenvalue weighted by Gasteiger charge is 2.30. The quantitative estimate of drug-likeness (QED) is 0.746. The van der Waals surface area contributed by atoms with E-state index in [1.165, 1.54) is 12.1 Å². The minimum atomic E-state index is -4.29. The zero-order valence-corrected chi connectivity index (χ0v) is 11.0. The van der Waals surface area contributed by atoms with Gasteiger partial charge in [0.05, 0.1) is 5.56 Å². The highest BCUT2D eigenvalue weighted by atomic mass is 19.4. The normalized spacial score (nSPS) is 13.5. The minimum absolute atomic E-state index is 0.114. The fourth-order valence-corrected chi connectivity index (χ4v) is 1.83. The topological polar surface area (TPSA) is 32.3 Å². The van der Waals surface area contributed by atoms with E-state index in [2.05, 4.69) is 5.32 Å². The molecule has 0 radical (unpaired) electrons. The number of aliphatic hydroxyl groups is 1. The van der Waals surface area contributed by atoms with Crippen LogP contribution < -0.4 is 5.32 Å². The molecule has 0 spiro atoms. The Bertz CT molecular complexity index is 379. The summed E-state index contributed by atoms with van der Waals surface area (Å²) in [5.41, 5.74) is 0.0240. The summed E-state index contributed by atoms with van der Waals surface area (Å²) in [6.45, 7) is 2.77. The van der Waals surface area contributed by atoms with Crippen molar-refractivity contribution in [2.45, 2.75) is 38.4 Å². The van der Waals surface area contributed by atoms with Crippen LogP contribution in [0.3, 0.4) is 0 Å². The number of aliphatic hydroxyl groups excluding tert-OH is 1. The van der Waals surface area contributed by atoms with Crippen molar-refractivity contribution in [3.05, 3.63) is 35.4 Å². The number of benzene rings is 1. The number of hydrogen-bond acceptors (Lipinski definition) is 2. The van der Waals surface area contributed by atoms with E-state index in [1.807, 2.05) is 6.92 Å². The highest BCUT2D eigenvalue weighted by molar-refractivity contribution is 5.27. The lowest BCUT2D eigenvalue weighted by atomic mass is 10.0. The van der Waals surface area contributed by atoms with Gasteiger partial charge >= 0.3 is 6.18 Å². The third kappa shape index (κ3) is 5.61. The van der Waals surface area contributed by atoms with E-state index in [4.69, 9.17) is 5.11 Å². The molecule has 0 saturated carbocycles. The Morgan fingerprint density at radius 1 is 1.21 bits per heavy atom. The molecule has 19 heavy (non-hydrogen) atoms. The smallest absolute Gasteiger partial charge is 0.396 e. The molecule has 1 aromatic carbocycles. The van der Waals surface area contributed by atoms with Crippen molar-refractivity contribution in [1.82, 2.24) is 5.32 Å². The monoisotopic (exact) mass is 275 g/mol. The summed E-state index contributed by atoms with van der Waals surface area (Å²) >= 11 is 0. The van der Waals surface area contributed by atoms with E-state index < -0.39 is 11.7 Å². The molecule has 1 rings (SSSR count). The molecule has 0 bridgehead atoms. The lowest BCUT2D eigenvalue weighted by Gasteiger charge is -2.16. The largest absolute Gasteiger partial charge is 0.416 e. The van der Waals surface area contributed by atoms with Crippen LogP contribution >= 0.6 is 0 Å². The summed E-state index contributed by atoms with van der Waals surface area (Å²) in [6.07, 6.45) is -1.71. The lowest BCUT2D eigenvalue weighted by Crippen LogP contribution is -2.20. The van der Waals surface area contributed by atoms with Gasteiger partial charge < -0.3 is 10.4 Å². The Balaban J connectivity index is 2.50. The molecule has 0 aliphatic rings. The molecule has 0 heterocycles. The number of unbranched alkanes of at least 4 members (excludes halogenated alkanes) is 2. The third-order valence-corrected chi connectivity index (χ3v) is 3.00. The van der Waals surface area contributed by atoms with E-state index in [0.717, 1.165) is 31.9 Å². The van der Waals surface area contributed by atoms with E-state index in [-0.39, 0.29) is 12.6 Å². The van der Waals surface area contributed by atoms with Gasteiger partial charge in [0.2, 0.25) is 0 Å². The number of rotatable bonds is 7. The summed E-state index contributed by atoms with van der Waals surface area (Å²) < 4.78 is 37.7. The average Bonchev–Trinajstić information content (AvgIpc) is 2.37. The van der Waals surface area contributed by atoms with Gasteiger partial charge in [0.25, 0.3) is 0 Å². The second-order valence-corrected chi connectivity index (χ2v) is 4.58. The van der Waals surface area contributed by atoms with Crippen molar-refractivity contribution in [1.29, 1.82) is 0 Å². The maximum atomic E-state index is 12.6. The van der Waals surface area contributed by atoms with Gasteiger partial charge in [-0.05, 0) is 50.4 Å². The first kappa shape index (κ1) is 16.0. The Morgan fingerprint density at radius 2 is 1.95 bits per heavy atom. The van der Waals surface area contributed by atoms with Gasteiger partial charge in [-0.1, -0.05) is 12.1 Å². The van der Waals surface area contributed by atoms with E-state index in [9.17, 15) is 13.2 Å². The Labute approximate surface area is 111 Å². The number of halogens is 3. The van der Waals surface area contributed by atoms with Crippen molar-refractivity contribution < 1.29 is 18.3 Å². The Kier molecular flexibility index (Phi) is 6.31. The summed E-state index contributed by atoms with van der Waals surface area (Å²) in [5.74, 6) is 0. The van der Waals surface area contributed by atoms with Crippen LogP contribution in [0.1, 0.15) is 43.4 Å². The zero-order valence-electron chi connectivity index (χ0n) is 11.0. The fourth-order valence-electron chi connectivity index (χ4n) is 1.83. The van der Waals surface area contributed by atoms with E-state index in [0.29, 0.717) is 5.56 Å². The van der Waals surface area contributed by atoms with Crippen LogP contribution in [0.5, 0.6) is 0 Å². The van der Waals surface area contributed by atoms with Gasteiger partial charge in [-0.15, -0.1) is 0 Å². The molecule has 108 valence electrons. The Hall–Kier alpha value is -1.07. The predicted molar refractivity (Wildman–Crippen MR) is 68.8 cm³/mol. The first-order valence-corrected chi connectivity index (χ1v) is 6.46. The summed E-state index contributed by atoms with van der Waals surface area (Å²) in [5, 5.41) is 11.8. The zero-order chi connectivity index (χ0) is 14.3. The van der Waals surface area contributed by atoms with Gasteiger partial charge in [-0.2, -0.15) is 13.2 Å². The first-order valence-electron chi connectivity index (χ1n) is 6.46. The van der Waals surface area contributed by atoms with Crippen molar-refractivity contribution in [2.75, 3.05) is 13.2 Å². The molecule has 0 aromatic heterocycles. The van der Waals surface area contributed by atoms with Gasteiger partial charge in [-0.3, -0.25) is 0 Å². The molecule has 0 saturated heterocycles. The van der Waals surface area contributed by atoms with E-state index in [1.54, 1.807) is 6.07 Å².